The van der Waals surface area contributed by atoms with Gasteiger partial charge in [0.25, 0.3) is 0 Å². The summed E-state index contributed by atoms with van der Waals surface area (Å²) in [7, 11) is 0. The highest BCUT2D eigenvalue weighted by atomic mass is 35.5. The summed E-state index contributed by atoms with van der Waals surface area (Å²) >= 11 is 5.70. The lowest BCUT2D eigenvalue weighted by Crippen LogP contribution is -2.13. The lowest BCUT2D eigenvalue weighted by Gasteiger charge is -2.13. The van der Waals surface area contributed by atoms with Crippen LogP contribution in [0.2, 0.25) is 5.15 Å². The maximum atomic E-state index is 12.4. The molecule has 0 spiro atoms. The van der Waals surface area contributed by atoms with E-state index in [2.05, 4.69) is 5.16 Å². The highest BCUT2D eigenvalue weighted by Gasteiger charge is 2.16. The smallest absolute Gasteiger partial charge is 0.336 e. The molecule has 3 aromatic rings. The molecule has 0 radical (unpaired) electrons. The molecule has 0 saturated carbocycles. The van der Waals surface area contributed by atoms with E-state index in [-0.39, 0.29) is 42.2 Å². The Kier molecular flexibility index (Phi) is 7.12. The zero-order chi connectivity index (χ0) is 22.5. The van der Waals surface area contributed by atoms with Gasteiger partial charge >= 0.3 is 17.6 Å². The van der Waals surface area contributed by atoms with Gasteiger partial charge in [-0.05, 0) is 44.4 Å². The first kappa shape index (κ1) is 22.6. The molecule has 3 rings (SSSR count). The van der Waals surface area contributed by atoms with Crippen LogP contribution in [0.3, 0.4) is 0 Å². The van der Waals surface area contributed by atoms with Gasteiger partial charge in [0.15, 0.2) is 5.15 Å². The minimum absolute atomic E-state index is 0.0240. The number of aromatic nitrogens is 1. The summed E-state index contributed by atoms with van der Waals surface area (Å²) in [6, 6.07) is 6.16. The van der Waals surface area contributed by atoms with Crippen molar-refractivity contribution in [1.82, 2.24) is 5.16 Å². The maximum Gasteiger partial charge on any atom is 0.336 e. The molecule has 1 aromatic carbocycles. The van der Waals surface area contributed by atoms with Gasteiger partial charge in [-0.2, -0.15) is 0 Å². The Morgan fingerprint density at radius 3 is 2.52 bits per heavy atom. The number of rotatable bonds is 8. The van der Waals surface area contributed by atoms with E-state index in [0.717, 1.165) is 5.56 Å². The van der Waals surface area contributed by atoms with Crippen LogP contribution in [0.5, 0.6) is 5.75 Å². The summed E-state index contributed by atoms with van der Waals surface area (Å²) in [4.78, 5) is 36.1. The van der Waals surface area contributed by atoms with Crippen LogP contribution in [0.25, 0.3) is 11.0 Å². The molecular formula is C22H22ClNO7. The number of hydrogen-bond donors (Lipinski definition) is 0. The van der Waals surface area contributed by atoms with Crippen LogP contribution in [-0.4, -0.2) is 23.2 Å². The Morgan fingerprint density at radius 2 is 1.84 bits per heavy atom. The molecule has 0 atom stereocenters. The molecule has 0 amide bonds. The van der Waals surface area contributed by atoms with Gasteiger partial charge in [-0.3, -0.25) is 9.59 Å². The molecule has 0 N–H and O–H groups in total. The zero-order valence-electron chi connectivity index (χ0n) is 17.4. The van der Waals surface area contributed by atoms with Gasteiger partial charge in [0.2, 0.25) is 0 Å². The first-order valence-electron chi connectivity index (χ1n) is 9.80. The van der Waals surface area contributed by atoms with E-state index >= 15 is 0 Å². The summed E-state index contributed by atoms with van der Waals surface area (Å²) < 4.78 is 20.9. The van der Waals surface area contributed by atoms with Gasteiger partial charge < -0.3 is 18.4 Å². The van der Waals surface area contributed by atoms with Crippen molar-refractivity contribution in [3.8, 4) is 5.75 Å². The quantitative estimate of drug-likeness (QED) is 0.287. The molecule has 164 valence electrons. The number of hydrogen-bond acceptors (Lipinski definition) is 8. The van der Waals surface area contributed by atoms with Gasteiger partial charge in [0, 0.05) is 36.4 Å². The molecule has 9 heteroatoms. The normalized spacial score (nSPS) is 11.1. The van der Waals surface area contributed by atoms with Crippen LogP contribution in [0.4, 0.5) is 0 Å². The molecule has 0 aliphatic rings. The van der Waals surface area contributed by atoms with Gasteiger partial charge in [-0.25, -0.2) is 4.79 Å². The monoisotopic (exact) mass is 447 g/mol. The third-order valence-corrected chi connectivity index (χ3v) is 4.61. The van der Waals surface area contributed by atoms with Crippen molar-refractivity contribution in [3.05, 3.63) is 56.7 Å². The highest BCUT2D eigenvalue weighted by Crippen LogP contribution is 2.29. The second-order valence-electron chi connectivity index (χ2n) is 7.33. The van der Waals surface area contributed by atoms with Crippen molar-refractivity contribution < 1.29 is 28.0 Å². The summed E-state index contributed by atoms with van der Waals surface area (Å²) in [6.45, 7) is 5.33. The summed E-state index contributed by atoms with van der Waals surface area (Å²) in [5.74, 6) is -0.197. The summed E-state index contributed by atoms with van der Waals surface area (Å²) in [5, 5.41) is 4.46. The number of ether oxygens (including phenoxy) is 2. The third kappa shape index (κ3) is 6.18. The molecule has 8 nitrogen and oxygen atoms in total. The summed E-state index contributed by atoms with van der Waals surface area (Å²) in [5.41, 5.74) is 1.14. The van der Waals surface area contributed by atoms with Gasteiger partial charge in [-0.15, -0.1) is 0 Å². The second-order valence-corrected chi connectivity index (χ2v) is 7.72. The minimum atomic E-state index is -0.520. The SMILES string of the molecule is Cc1cc(=O)oc2cc(OC(=O)CCc3cc(Cl)no3)c(CCC(=O)OC(C)C)cc12. The van der Waals surface area contributed by atoms with Gasteiger partial charge in [0.05, 0.1) is 12.5 Å². The van der Waals surface area contributed by atoms with Crippen molar-refractivity contribution in [2.24, 2.45) is 0 Å². The van der Waals surface area contributed by atoms with Crippen LogP contribution in [0.1, 0.15) is 43.6 Å². The molecule has 0 aliphatic heterocycles. The molecule has 2 aromatic heterocycles. The van der Waals surface area contributed by atoms with E-state index in [0.29, 0.717) is 28.7 Å². The highest BCUT2D eigenvalue weighted by molar-refractivity contribution is 6.29. The molecule has 0 bridgehead atoms. The molecule has 0 aliphatic carbocycles. The minimum Gasteiger partial charge on any atom is -0.463 e. The first-order chi connectivity index (χ1) is 14.7. The average molecular weight is 448 g/mol. The van der Waals surface area contributed by atoms with Gasteiger partial charge in [-0.1, -0.05) is 16.8 Å². The largest absolute Gasteiger partial charge is 0.463 e. The number of carbonyl (C=O) groups excluding carboxylic acids is 2. The lowest BCUT2D eigenvalue weighted by atomic mass is 10.0. The fourth-order valence-electron chi connectivity index (χ4n) is 3.04. The number of fused-ring (bicyclic) bond motifs is 1. The van der Waals surface area contributed by atoms with E-state index in [1.54, 1.807) is 26.8 Å². The molecule has 31 heavy (non-hydrogen) atoms. The number of esters is 2. The van der Waals surface area contributed by atoms with Crippen molar-refractivity contribution in [2.75, 3.05) is 0 Å². The van der Waals surface area contributed by atoms with E-state index in [1.165, 1.54) is 18.2 Å². The maximum absolute atomic E-state index is 12.4. The Morgan fingerprint density at radius 1 is 1.10 bits per heavy atom. The third-order valence-electron chi connectivity index (χ3n) is 4.43. The number of carbonyl (C=O) groups is 2. The number of benzene rings is 1. The van der Waals surface area contributed by atoms with Crippen molar-refractivity contribution in [1.29, 1.82) is 0 Å². The van der Waals surface area contributed by atoms with Crippen molar-refractivity contribution in [2.45, 2.75) is 52.6 Å². The second kappa shape index (κ2) is 9.78. The molecule has 0 fully saturated rings. The predicted molar refractivity (Wildman–Crippen MR) is 112 cm³/mol. The van der Waals surface area contributed by atoms with Crippen molar-refractivity contribution >= 4 is 34.5 Å². The van der Waals surface area contributed by atoms with E-state index in [1.807, 2.05) is 0 Å². The van der Waals surface area contributed by atoms with Crippen LogP contribution in [-0.2, 0) is 27.2 Å². The average Bonchev–Trinajstić information content (AvgIpc) is 3.09. The van der Waals surface area contributed by atoms with Crippen molar-refractivity contribution in [3.63, 3.8) is 0 Å². The van der Waals surface area contributed by atoms with E-state index in [9.17, 15) is 14.4 Å². The molecule has 0 saturated heterocycles. The Hall–Kier alpha value is -3.13. The fraction of sp³-hybridized carbons (Fsp3) is 0.364. The van der Waals surface area contributed by atoms with E-state index in [4.69, 9.17) is 30.0 Å². The van der Waals surface area contributed by atoms with Gasteiger partial charge in [0.1, 0.15) is 17.1 Å². The topological polar surface area (TPSA) is 109 Å². The standard InChI is InChI=1S/C22H22ClNO7/c1-12(2)28-20(25)6-4-14-9-16-13(3)8-22(27)30-18(16)11-17(14)29-21(26)7-5-15-10-19(23)24-31-15/h8-12H,4-7H2,1-3H3. The molecular weight excluding hydrogens is 426 g/mol. The predicted octanol–water partition coefficient (Wildman–Crippen LogP) is 4.17. The van der Waals surface area contributed by atoms with Crippen LogP contribution >= 0.6 is 11.6 Å². The molecule has 0 unspecified atom stereocenters. The van der Waals surface area contributed by atoms with Crippen LogP contribution < -0.4 is 10.4 Å². The zero-order valence-corrected chi connectivity index (χ0v) is 18.2. The van der Waals surface area contributed by atoms with E-state index < -0.39 is 11.6 Å². The Labute approximate surface area is 183 Å². The molecule has 2 heterocycles. The van der Waals surface area contributed by atoms with Crippen LogP contribution in [0.15, 0.2) is 38.0 Å². The Balaban J connectivity index is 1.82. The Bertz CT molecular complexity index is 1160. The van der Waals surface area contributed by atoms with Crippen LogP contribution in [0, 0.1) is 6.92 Å². The number of aryl methyl sites for hydroxylation is 3. The first-order valence-corrected chi connectivity index (χ1v) is 10.2. The number of halogens is 1. The summed E-state index contributed by atoms with van der Waals surface area (Å²) in [6.07, 6.45) is 0.468. The lowest BCUT2D eigenvalue weighted by molar-refractivity contribution is -0.147. The number of nitrogens with zero attached hydrogens (tertiary/aromatic N) is 1. The fourth-order valence-corrected chi connectivity index (χ4v) is 3.20.